The molecule has 2 amide bonds. The fourth-order valence-corrected chi connectivity index (χ4v) is 4.69. The lowest BCUT2D eigenvalue weighted by Crippen LogP contribution is -2.49. The van der Waals surface area contributed by atoms with Crippen molar-refractivity contribution in [1.82, 2.24) is 10.2 Å². The Morgan fingerprint density at radius 3 is 2.34 bits per heavy atom. The van der Waals surface area contributed by atoms with Gasteiger partial charge in [0.1, 0.15) is 11.8 Å². The van der Waals surface area contributed by atoms with Crippen molar-refractivity contribution in [3.05, 3.63) is 59.7 Å². The molecule has 0 aliphatic carbocycles. The van der Waals surface area contributed by atoms with E-state index in [9.17, 15) is 18.0 Å². The molecule has 192 valence electrons. The number of nitrogens with one attached hydrogen (secondary N) is 1. The van der Waals surface area contributed by atoms with Gasteiger partial charge in [-0.1, -0.05) is 30.3 Å². The van der Waals surface area contributed by atoms with E-state index in [0.717, 1.165) is 17.4 Å². The topological polar surface area (TPSA) is 96.0 Å². The van der Waals surface area contributed by atoms with Gasteiger partial charge < -0.3 is 15.0 Å². The van der Waals surface area contributed by atoms with Crippen LogP contribution in [0.4, 0.5) is 5.69 Å². The summed E-state index contributed by atoms with van der Waals surface area (Å²) in [4.78, 5) is 27.6. The Kier molecular flexibility index (Phi) is 10.1. The number of amides is 2. The van der Waals surface area contributed by atoms with Gasteiger partial charge in [-0.3, -0.25) is 13.9 Å². The molecule has 9 heteroatoms. The number of aryl methyl sites for hydroxylation is 1. The number of anilines is 1. The molecule has 0 spiro atoms. The molecule has 0 aliphatic heterocycles. The smallest absolute Gasteiger partial charge is 0.242 e. The summed E-state index contributed by atoms with van der Waals surface area (Å²) >= 11 is 0. The van der Waals surface area contributed by atoms with Crippen LogP contribution in [-0.2, 0) is 26.2 Å². The first-order valence-electron chi connectivity index (χ1n) is 11.7. The molecule has 1 N–H and O–H groups in total. The molecule has 2 aromatic rings. The SMILES string of the molecule is COc1cccc(N(CCCC(=O)N(Cc2ccccc2C)[C@@H](C)C(=O)NC(C)C)S(C)(=O)=O)c1. The summed E-state index contributed by atoms with van der Waals surface area (Å²) in [7, 11) is -2.05. The molecule has 0 aromatic heterocycles. The van der Waals surface area contributed by atoms with E-state index in [2.05, 4.69) is 5.32 Å². The molecule has 1 atom stereocenters. The lowest BCUT2D eigenvalue weighted by atomic mass is 10.1. The highest BCUT2D eigenvalue weighted by molar-refractivity contribution is 7.92. The quantitative estimate of drug-likeness (QED) is 0.478. The molecule has 0 radical (unpaired) electrons. The number of sulfonamides is 1. The summed E-state index contributed by atoms with van der Waals surface area (Å²) in [5.74, 6) is 0.108. The minimum atomic E-state index is -3.57. The summed E-state index contributed by atoms with van der Waals surface area (Å²) in [5.41, 5.74) is 2.46. The van der Waals surface area contributed by atoms with Crippen molar-refractivity contribution in [2.24, 2.45) is 0 Å². The molecule has 2 rings (SSSR count). The minimum absolute atomic E-state index is 0.0495. The van der Waals surface area contributed by atoms with Crippen LogP contribution in [-0.4, -0.2) is 57.1 Å². The second-order valence-corrected chi connectivity index (χ2v) is 10.8. The van der Waals surface area contributed by atoms with E-state index in [1.165, 1.54) is 11.4 Å². The average molecular weight is 504 g/mol. The van der Waals surface area contributed by atoms with E-state index < -0.39 is 16.1 Å². The molecule has 0 aliphatic rings. The number of rotatable bonds is 12. The van der Waals surface area contributed by atoms with Gasteiger partial charge in [0.05, 0.1) is 19.1 Å². The van der Waals surface area contributed by atoms with Crippen LogP contribution in [0.2, 0.25) is 0 Å². The molecule has 2 aromatic carbocycles. The molecule has 35 heavy (non-hydrogen) atoms. The van der Waals surface area contributed by atoms with E-state index in [1.807, 2.05) is 45.0 Å². The number of nitrogens with zero attached hydrogens (tertiary/aromatic N) is 2. The number of carbonyl (C=O) groups excluding carboxylic acids is 2. The standard InChI is InChI=1S/C26H37N3O5S/c1-19(2)27-26(31)21(4)28(18-22-12-8-7-11-20(22)3)25(30)15-10-16-29(35(6,32)33)23-13-9-14-24(17-23)34-5/h7-9,11-14,17,19,21H,10,15-16,18H2,1-6H3,(H,27,31)/t21-/m0/s1. The van der Waals surface area contributed by atoms with Gasteiger partial charge in [0.25, 0.3) is 0 Å². The zero-order valence-corrected chi connectivity index (χ0v) is 22.3. The maximum Gasteiger partial charge on any atom is 0.242 e. The Morgan fingerprint density at radius 2 is 1.74 bits per heavy atom. The fourth-order valence-electron chi connectivity index (χ4n) is 3.73. The first kappa shape index (κ1) is 28.2. The van der Waals surface area contributed by atoms with Gasteiger partial charge in [0, 0.05) is 31.6 Å². The van der Waals surface area contributed by atoms with Crippen LogP contribution in [0, 0.1) is 6.92 Å². The highest BCUT2D eigenvalue weighted by Gasteiger charge is 2.27. The van der Waals surface area contributed by atoms with Crippen LogP contribution in [0.3, 0.4) is 0 Å². The number of benzene rings is 2. The van der Waals surface area contributed by atoms with E-state index in [-0.39, 0.29) is 30.8 Å². The summed E-state index contributed by atoms with van der Waals surface area (Å²) in [6.07, 6.45) is 1.53. The predicted molar refractivity (Wildman–Crippen MR) is 139 cm³/mol. The summed E-state index contributed by atoms with van der Waals surface area (Å²) in [6.45, 7) is 7.85. The zero-order chi connectivity index (χ0) is 26.2. The average Bonchev–Trinajstić information content (AvgIpc) is 2.79. The molecular formula is C26H37N3O5S. The van der Waals surface area contributed by atoms with Crippen molar-refractivity contribution >= 4 is 27.5 Å². The first-order chi connectivity index (χ1) is 16.4. The zero-order valence-electron chi connectivity index (χ0n) is 21.4. The van der Waals surface area contributed by atoms with Gasteiger partial charge in [-0.15, -0.1) is 0 Å². The molecule has 0 bridgehead atoms. The lowest BCUT2D eigenvalue weighted by Gasteiger charge is -2.30. The van der Waals surface area contributed by atoms with E-state index in [4.69, 9.17) is 4.74 Å². The molecule has 0 heterocycles. The van der Waals surface area contributed by atoms with Gasteiger partial charge in [0.15, 0.2) is 0 Å². The second-order valence-electron chi connectivity index (χ2n) is 8.93. The van der Waals surface area contributed by atoms with Gasteiger partial charge in [-0.25, -0.2) is 8.42 Å². The minimum Gasteiger partial charge on any atom is -0.497 e. The van der Waals surface area contributed by atoms with Crippen LogP contribution >= 0.6 is 0 Å². The van der Waals surface area contributed by atoms with Crippen LogP contribution in [0.5, 0.6) is 5.75 Å². The van der Waals surface area contributed by atoms with Gasteiger partial charge >= 0.3 is 0 Å². The molecule has 0 saturated carbocycles. The molecular weight excluding hydrogens is 466 g/mol. The first-order valence-corrected chi connectivity index (χ1v) is 13.5. The van der Waals surface area contributed by atoms with E-state index in [1.54, 1.807) is 36.1 Å². The highest BCUT2D eigenvalue weighted by Crippen LogP contribution is 2.24. The number of methoxy groups -OCH3 is 1. The van der Waals surface area contributed by atoms with Crippen molar-refractivity contribution in [2.75, 3.05) is 24.2 Å². The fraction of sp³-hybridized carbons (Fsp3) is 0.462. The third-order valence-corrected chi connectivity index (χ3v) is 6.89. The lowest BCUT2D eigenvalue weighted by molar-refractivity contribution is -0.140. The van der Waals surface area contributed by atoms with Crippen LogP contribution < -0.4 is 14.4 Å². The highest BCUT2D eigenvalue weighted by atomic mass is 32.2. The molecule has 0 saturated heterocycles. The van der Waals surface area contributed by atoms with E-state index in [0.29, 0.717) is 24.4 Å². The van der Waals surface area contributed by atoms with Crippen molar-refractivity contribution in [3.8, 4) is 5.75 Å². The maximum atomic E-state index is 13.3. The number of ether oxygens (including phenoxy) is 1. The number of carbonyl (C=O) groups is 2. The summed E-state index contributed by atoms with van der Waals surface area (Å²) in [6, 6.07) is 13.8. The second kappa shape index (κ2) is 12.6. The third-order valence-electron chi connectivity index (χ3n) is 5.69. The van der Waals surface area contributed by atoms with Crippen molar-refractivity contribution in [1.29, 1.82) is 0 Å². The Labute approximate surface area is 209 Å². The van der Waals surface area contributed by atoms with Crippen LogP contribution in [0.1, 0.15) is 44.7 Å². The number of hydrogen-bond donors (Lipinski definition) is 1. The Hall–Kier alpha value is -3.07. The molecule has 0 fully saturated rings. The maximum absolute atomic E-state index is 13.3. The normalized spacial score (nSPS) is 12.2. The van der Waals surface area contributed by atoms with Crippen molar-refractivity contribution in [2.45, 2.75) is 59.2 Å². The Morgan fingerprint density at radius 1 is 1.06 bits per heavy atom. The Balaban J connectivity index is 2.19. The summed E-state index contributed by atoms with van der Waals surface area (Å²) in [5, 5.41) is 2.87. The van der Waals surface area contributed by atoms with Crippen molar-refractivity contribution < 1.29 is 22.7 Å². The van der Waals surface area contributed by atoms with Gasteiger partial charge in [0.2, 0.25) is 21.8 Å². The van der Waals surface area contributed by atoms with E-state index >= 15 is 0 Å². The summed E-state index contributed by atoms with van der Waals surface area (Å²) < 4.78 is 31.4. The largest absolute Gasteiger partial charge is 0.497 e. The van der Waals surface area contributed by atoms with Crippen molar-refractivity contribution in [3.63, 3.8) is 0 Å². The van der Waals surface area contributed by atoms with Crippen LogP contribution in [0.25, 0.3) is 0 Å². The van der Waals surface area contributed by atoms with Gasteiger partial charge in [-0.05, 0) is 57.4 Å². The molecule has 8 nitrogen and oxygen atoms in total. The third kappa shape index (κ3) is 8.28. The Bertz CT molecular complexity index is 1120. The predicted octanol–water partition coefficient (Wildman–Crippen LogP) is 3.49. The van der Waals surface area contributed by atoms with Gasteiger partial charge in [-0.2, -0.15) is 0 Å². The van der Waals surface area contributed by atoms with Crippen LogP contribution in [0.15, 0.2) is 48.5 Å². The molecule has 0 unspecified atom stereocenters. The monoisotopic (exact) mass is 503 g/mol. The number of hydrogen-bond acceptors (Lipinski definition) is 5.